The van der Waals surface area contributed by atoms with Crippen LogP contribution in [0.15, 0.2) is 72.3 Å². The molecular weight excluding hydrogens is 486 g/mol. The Morgan fingerprint density at radius 3 is 2.03 bits per heavy atom. The lowest BCUT2D eigenvalue weighted by molar-refractivity contribution is -0.132. The number of carbonyl (C=O) groups excluding carboxylic acids is 2. The van der Waals surface area contributed by atoms with Crippen molar-refractivity contribution in [2.24, 2.45) is 0 Å². The van der Waals surface area contributed by atoms with Gasteiger partial charge in [0.2, 0.25) is 0 Å². The molecule has 2 aliphatic heterocycles. The molecule has 39 heavy (non-hydrogen) atoms. The van der Waals surface area contributed by atoms with Crippen LogP contribution in [0.1, 0.15) is 81.8 Å². The minimum Gasteiger partial charge on any atom is -0.507 e. The van der Waals surface area contributed by atoms with Crippen molar-refractivity contribution in [3.8, 4) is 5.75 Å². The van der Waals surface area contributed by atoms with Crippen LogP contribution >= 0.6 is 0 Å². The summed E-state index contributed by atoms with van der Waals surface area (Å²) < 4.78 is 5.73. The summed E-state index contributed by atoms with van der Waals surface area (Å²) in [5.41, 5.74) is 5.16. The molecular formula is C34H37NO4. The molecule has 3 aromatic carbocycles. The van der Waals surface area contributed by atoms with Gasteiger partial charge in [-0.1, -0.05) is 77.9 Å². The van der Waals surface area contributed by atoms with E-state index in [1.165, 1.54) is 4.90 Å². The zero-order valence-corrected chi connectivity index (χ0v) is 23.7. The molecule has 1 amide bonds. The van der Waals surface area contributed by atoms with Crippen molar-refractivity contribution in [2.45, 2.75) is 71.3 Å². The van der Waals surface area contributed by atoms with Crippen molar-refractivity contribution in [3.05, 3.63) is 100 Å². The third kappa shape index (κ3) is 4.98. The van der Waals surface area contributed by atoms with E-state index in [4.69, 9.17) is 4.74 Å². The van der Waals surface area contributed by atoms with Crippen molar-refractivity contribution in [3.63, 3.8) is 0 Å². The van der Waals surface area contributed by atoms with Crippen molar-refractivity contribution in [1.82, 2.24) is 0 Å². The number of amides is 1. The summed E-state index contributed by atoms with van der Waals surface area (Å²) in [5.74, 6) is -0.704. The number of hydrogen-bond acceptors (Lipinski definition) is 4. The number of Topliss-reactive ketones (excluding diaryl/α,β-unsaturated/α-hetero) is 1. The van der Waals surface area contributed by atoms with Gasteiger partial charge in [0.05, 0.1) is 18.2 Å². The fourth-order valence-corrected chi connectivity index (χ4v) is 5.36. The topological polar surface area (TPSA) is 66.8 Å². The average Bonchev–Trinajstić information content (AvgIpc) is 3.17. The third-order valence-electron chi connectivity index (χ3n) is 7.73. The molecule has 0 saturated carbocycles. The predicted octanol–water partition coefficient (Wildman–Crippen LogP) is 7.23. The Morgan fingerprint density at radius 2 is 1.44 bits per heavy atom. The maximum absolute atomic E-state index is 13.6. The molecule has 2 aliphatic rings. The Balaban J connectivity index is 1.66. The third-order valence-corrected chi connectivity index (χ3v) is 7.73. The summed E-state index contributed by atoms with van der Waals surface area (Å²) >= 11 is 0. The summed E-state index contributed by atoms with van der Waals surface area (Å²) in [6, 6.07) is 20.5. The molecule has 0 bridgehead atoms. The zero-order valence-electron chi connectivity index (χ0n) is 23.7. The number of aryl methyl sites for hydroxylation is 1. The van der Waals surface area contributed by atoms with Gasteiger partial charge in [0.1, 0.15) is 11.5 Å². The van der Waals surface area contributed by atoms with Crippen LogP contribution in [-0.2, 0) is 26.8 Å². The molecule has 1 unspecified atom stereocenters. The Morgan fingerprint density at radius 1 is 0.846 bits per heavy atom. The number of hydrogen-bond donors (Lipinski definition) is 1. The van der Waals surface area contributed by atoms with Gasteiger partial charge in [-0.25, -0.2) is 0 Å². The maximum Gasteiger partial charge on any atom is 0.300 e. The molecule has 2 heterocycles. The molecule has 0 aliphatic carbocycles. The fraction of sp³-hybridized carbons (Fsp3) is 0.353. The minimum absolute atomic E-state index is 0.0473. The van der Waals surface area contributed by atoms with Gasteiger partial charge in [0.15, 0.2) is 0 Å². The van der Waals surface area contributed by atoms with Crippen LogP contribution in [0.25, 0.3) is 5.76 Å². The highest BCUT2D eigenvalue weighted by molar-refractivity contribution is 6.51. The molecule has 0 aromatic heterocycles. The Labute approximate surface area is 231 Å². The summed E-state index contributed by atoms with van der Waals surface area (Å²) in [6.45, 7) is 13.5. The first-order valence-electron chi connectivity index (χ1n) is 13.6. The van der Waals surface area contributed by atoms with Crippen LogP contribution in [-0.4, -0.2) is 23.4 Å². The van der Waals surface area contributed by atoms with Gasteiger partial charge in [-0.05, 0) is 76.3 Å². The van der Waals surface area contributed by atoms with E-state index < -0.39 is 17.7 Å². The van der Waals surface area contributed by atoms with Crippen molar-refractivity contribution < 1.29 is 19.4 Å². The number of aliphatic hydroxyl groups excluding tert-OH is 1. The fourth-order valence-electron chi connectivity index (χ4n) is 5.36. The summed E-state index contributed by atoms with van der Waals surface area (Å²) in [7, 11) is 0. The number of benzene rings is 3. The standard InChI is InChI=1S/C34H37NO4/c1-33(2,3)24-12-9-21(10-13-24)29-28(30(36)23-11-18-27-22(20-23)8-7-19-39-27)31(37)32(38)35(29)26-16-14-25(15-17-26)34(4,5)6/h9-18,20,29,36H,7-8,19H2,1-6H3/b30-28-. The van der Waals surface area contributed by atoms with Crippen molar-refractivity contribution in [2.75, 3.05) is 11.5 Å². The molecule has 0 spiro atoms. The smallest absolute Gasteiger partial charge is 0.300 e. The highest BCUT2D eigenvalue weighted by atomic mass is 16.5. The number of carbonyl (C=O) groups is 2. The van der Waals surface area contributed by atoms with Gasteiger partial charge in [0, 0.05) is 11.3 Å². The lowest BCUT2D eigenvalue weighted by atomic mass is 9.85. The monoisotopic (exact) mass is 523 g/mol. The average molecular weight is 524 g/mol. The Kier molecular flexibility index (Phi) is 6.66. The minimum atomic E-state index is -0.758. The molecule has 5 rings (SSSR count). The van der Waals surface area contributed by atoms with Gasteiger partial charge in [0.25, 0.3) is 11.7 Å². The first-order chi connectivity index (χ1) is 18.4. The molecule has 1 fully saturated rings. The number of nitrogens with zero attached hydrogens (tertiary/aromatic N) is 1. The van der Waals surface area contributed by atoms with E-state index in [0.717, 1.165) is 40.8 Å². The quantitative estimate of drug-likeness (QED) is 0.223. The van der Waals surface area contributed by atoms with E-state index in [9.17, 15) is 14.7 Å². The number of ketones is 1. The van der Waals surface area contributed by atoms with Crippen LogP contribution in [0.4, 0.5) is 5.69 Å². The summed E-state index contributed by atoms with van der Waals surface area (Å²) in [6.07, 6.45) is 1.73. The van der Waals surface area contributed by atoms with Gasteiger partial charge in [-0.3, -0.25) is 14.5 Å². The van der Waals surface area contributed by atoms with Gasteiger partial charge < -0.3 is 9.84 Å². The van der Waals surface area contributed by atoms with E-state index in [-0.39, 0.29) is 22.2 Å². The second kappa shape index (κ2) is 9.71. The Bertz CT molecular complexity index is 1450. The van der Waals surface area contributed by atoms with E-state index in [0.29, 0.717) is 17.9 Å². The number of fused-ring (bicyclic) bond motifs is 1. The van der Waals surface area contributed by atoms with Crippen LogP contribution < -0.4 is 9.64 Å². The predicted molar refractivity (Wildman–Crippen MR) is 155 cm³/mol. The lowest BCUT2D eigenvalue weighted by Gasteiger charge is -2.27. The molecule has 1 atom stereocenters. The number of aliphatic hydroxyl groups is 1. The molecule has 5 nitrogen and oxygen atoms in total. The highest BCUT2D eigenvalue weighted by Crippen LogP contribution is 2.43. The second-order valence-electron chi connectivity index (χ2n) is 12.6. The summed E-state index contributed by atoms with van der Waals surface area (Å²) in [5, 5.41) is 11.6. The molecule has 202 valence electrons. The van der Waals surface area contributed by atoms with Gasteiger partial charge >= 0.3 is 0 Å². The number of ether oxygens (including phenoxy) is 1. The second-order valence-corrected chi connectivity index (χ2v) is 12.6. The van der Waals surface area contributed by atoms with Crippen LogP contribution in [0.2, 0.25) is 0 Å². The molecule has 0 radical (unpaired) electrons. The van der Waals surface area contributed by atoms with E-state index in [1.54, 1.807) is 6.07 Å². The SMILES string of the molecule is CC(C)(C)c1ccc(C2/C(=C(/O)c3ccc4c(c3)CCCO4)C(=O)C(=O)N2c2ccc(C(C)(C)C)cc2)cc1. The van der Waals surface area contributed by atoms with Crippen LogP contribution in [0.5, 0.6) is 5.75 Å². The normalized spacial score (nSPS) is 19.1. The van der Waals surface area contributed by atoms with Crippen LogP contribution in [0.3, 0.4) is 0 Å². The zero-order chi connectivity index (χ0) is 28.1. The van der Waals surface area contributed by atoms with Crippen molar-refractivity contribution in [1.29, 1.82) is 0 Å². The number of rotatable bonds is 3. The molecule has 1 saturated heterocycles. The van der Waals surface area contributed by atoms with E-state index >= 15 is 0 Å². The number of anilines is 1. The lowest BCUT2D eigenvalue weighted by Crippen LogP contribution is -2.29. The van der Waals surface area contributed by atoms with E-state index in [2.05, 4.69) is 41.5 Å². The van der Waals surface area contributed by atoms with Gasteiger partial charge in [-0.15, -0.1) is 0 Å². The van der Waals surface area contributed by atoms with Crippen LogP contribution in [0, 0.1) is 0 Å². The molecule has 5 heteroatoms. The first kappa shape index (κ1) is 26.7. The Hall–Kier alpha value is -3.86. The largest absolute Gasteiger partial charge is 0.507 e. The van der Waals surface area contributed by atoms with Crippen molar-refractivity contribution >= 4 is 23.1 Å². The summed E-state index contributed by atoms with van der Waals surface area (Å²) in [4.78, 5) is 28.7. The molecule has 3 aromatic rings. The maximum atomic E-state index is 13.6. The highest BCUT2D eigenvalue weighted by Gasteiger charge is 2.47. The van der Waals surface area contributed by atoms with Gasteiger partial charge in [-0.2, -0.15) is 0 Å². The van der Waals surface area contributed by atoms with E-state index in [1.807, 2.05) is 60.7 Å². The molecule has 1 N–H and O–H groups in total. The first-order valence-corrected chi connectivity index (χ1v) is 13.6.